The lowest BCUT2D eigenvalue weighted by Crippen LogP contribution is -2.07. The summed E-state index contributed by atoms with van der Waals surface area (Å²) in [6.45, 7) is 2.03. The van der Waals surface area contributed by atoms with Crippen LogP contribution in [0, 0.1) is 0 Å². The summed E-state index contributed by atoms with van der Waals surface area (Å²) in [7, 11) is 0. The van der Waals surface area contributed by atoms with E-state index in [2.05, 4.69) is 15.3 Å². The highest BCUT2D eigenvalue weighted by atomic mass is 35.5. The van der Waals surface area contributed by atoms with Gasteiger partial charge in [-0.2, -0.15) is 5.10 Å². The Morgan fingerprint density at radius 1 is 1.07 bits per heavy atom. The average Bonchev–Trinajstić information content (AvgIpc) is 3.14. The lowest BCUT2D eigenvalue weighted by molar-refractivity contribution is 0.0698. The zero-order chi connectivity index (χ0) is 21.1. The van der Waals surface area contributed by atoms with Crippen molar-refractivity contribution in [2.75, 3.05) is 5.32 Å². The summed E-state index contributed by atoms with van der Waals surface area (Å²) >= 11 is 6.02. The minimum Gasteiger partial charge on any atom is -0.478 e. The van der Waals surface area contributed by atoms with E-state index in [1.165, 1.54) is 6.07 Å². The molecular weight excluding hydrogens is 402 g/mol. The first-order chi connectivity index (χ1) is 14.6. The number of rotatable bonds is 6. The van der Waals surface area contributed by atoms with Gasteiger partial charge in [-0.3, -0.25) is 9.97 Å². The summed E-state index contributed by atoms with van der Waals surface area (Å²) in [6.07, 6.45) is 7.49. The van der Waals surface area contributed by atoms with E-state index in [0.717, 1.165) is 22.5 Å². The molecule has 7 nitrogen and oxygen atoms in total. The van der Waals surface area contributed by atoms with Gasteiger partial charge in [0, 0.05) is 35.4 Å². The van der Waals surface area contributed by atoms with Crippen molar-refractivity contribution in [3.05, 3.63) is 83.5 Å². The van der Waals surface area contributed by atoms with Crippen LogP contribution < -0.4 is 5.32 Å². The first kappa shape index (κ1) is 19.6. The molecular formula is C22H18ClN5O2. The van der Waals surface area contributed by atoms with Crippen LogP contribution in [0.1, 0.15) is 23.0 Å². The summed E-state index contributed by atoms with van der Waals surface area (Å²) in [6, 6.07) is 12.2. The van der Waals surface area contributed by atoms with Crippen molar-refractivity contribution in [3.8, 4) is 16.8 Å². The summed E-state index contributed by atoms with van der Waals surface area (Å²) < 4.78 is 1.76. The van der Waals surface area contributed by atoms with E-state index < -0.39 is 5.97 Å². The lowest BCUT2D eigenvalue weighted by Gasteiger charge is -2.14. The van der Waals surface area contributed by atoms with Crippen molar-refractivity contribution >= 4 is 29.1 Å². The topological polar surface area (TPSA) is 92.9 Å². The number of halogens is 1. The van der Waals surface area contributed by atoms with Crippen LogP contribution >= 0.6 is 11.6 Å². The van der Waals surface area contributed by atoms with Crippen LogP contribution in [-0.4, -0.2) is 30.8 Å². The van der Waals surface area contributed by atoms with Crippen LogP contribution in [0.25, 0.3) is 16.8 Å². The van der Waals surface area contributed by atoms with Crippen molar-refractivity contribution < 1.29 is 9.90 Å². The van der Waals surface area contributed by atoms with Gasteiger partial charge in [-0.1, -0.05) is 18.5 Å². The van der Waals surface area contributed by atoms with Gasteiger partial charge in [0.05, 0.1) is 22.6 Å². The van der Waals surface area contributed by atoms with Crippen LogP contribution in [0.5, 0.6) is 0 Å². The van der Waals surface area contributed by atoms with Crippen LogP contribution in [-0.2, 0) is 6.42 Å². The number of pyridine rings is 2. The second-order valence-corrected chi connectivity index (χ2v) is 6.93. The van der Waals surface area contributed by atoms with Gasteiger partial charge in [0.2, 0.25) is 0 Å². The molecule has 8 heteroatoms. The summed E-state index contributed by atoms with van der Waals surface area (Å²) in [4.78, 5) is 20.0. The van der Waals surface area contributed by atoms with Crippen molar-refractivity contribution in [1.29, 1.82) is 0 Å². The number of hydrogen-bond acceptors (Lipinski definition) is 5. The normalized spacial score (nSPS) is 10.7. The smallest absolute Gasteiger partial charge is 0.337 e. The quantitative estimate of drug-likeness (QED) is 0.457. The number of aromatic carboxylic acids is 1. The number of carboxylic acids is 1. The molecule has 2 N–H and O–H groups in total. The molecule has 150 valence electrons. The second kappa shape index (κ2) is 8.34. The average molecular weight is 420 g/mol. The Labute approximate surface area is 178 Å². The molecule has 0 bridgehead atoms. The van der Waals surface area contributed by atoms with Gasteiger partial charge < -0.3 is 10.4 Å². The van der Waals surface area contributed by atoms with E-state index in [0.29, 0.717) is 22.9 Å². The fourth-order valence-corrected chi connectivity index (χ4v) is 3.42. The highest BCUT2D eigenvalue weighted by Crippen LogP contribution is 2.36. The Balaban J connectivity index is 1.96. The van der Waals surface area contributed by atoms with Crippen LogP contribution in [0.15, 0.2) is 67.3 Å². The zero-order valence-corrected chi connectivity index (χ0v) is 16.8. The van der Waals surface area contributed by atoms with Crippen molar-refractivity contribution in [2.24, 2.45) is 0 Å². The Morgan fingerprint density at radius 2 is 1.73 bits per heavy atom. The van der Waals surface area contributed by atoms with Gasteiger partial charge in [-0.15, -0.1) is 0 Å². The SMILES string of the molecule is CCc1nn(-c2ccncc2)c(Nc2ccc(Cl)cc2C(=O)O)c1-c1ccncc1. The summed E-state index contributed by atoms with van der Waals surface area (Å²) in [5.41, 5.74) is 3.96. The molecule has 0 aliphatic carbocycles. The van der Waals surface area contributed by atoms with Crippen LogP contribution in [0.2, 0.25) is 5.02 Å². The molecule has 0 amide bonds. The molecule has 0 aliphatic rings. The molecule has 3 heterocycles. The minimum atomic E-state index is -1.07. The van der Waals surface area contributed by atoms with E-state index in [-0.39, 0.29) is 5.56 Å². The number of nitrogens with zero attached hydrogens (tertiary/aromatic N) is 4. The van der Waals surface area contributed by atoms with Crippen molar-refractivity contribution in [2.45, 2.75) is 13.3 Å². The zero-order valence-electron chi connectivity index (χ0n) is 16.1. The number of benzene rings is 1. The molecule has 1 aromatic carbocycles. The predicted octanol–water partition coefficient (Wildman–Crippen LogP) is 4.99. The first-order valence-electron chi connectivity index (χ1n) is 9.31. The van der Waals surface area contributed by atoms with Crippen LogP contribution in [0.4, 0.5) is 11.5 Å². The highest BCUT2D eigenvalue weighted by Gasteiger charge is 2.22. The number of carboxylic acid groups (broad SMARTS) is 1. The highest BCUT2D eigenvalue weighted by molar-refractivity contribution is 6.31. The van der Waals surface area contributed by atoms with E-state index in [1.807, 2.05) is 31.2 Å². The molecule has 0 saturated heterocycles. The second-order valence-electron chi connectivity index (χ2n) is 6.50. The number of nitrogens with one attached hydrogen (secondary N) is 1. The first-order valence-corrected chi connectivity index (χ1v) is 9.69. The van der Waals surface area contributed by atoms with Gasteiger partial charge in [-0.25, -0.2) is 9.48 Å². The van der Waals surface area contributed by atoms with E-state index in [1.54, 1.807) is 41.6 Å². The van der Waals surface area contributed by atoms with E-state index in [9.17, 15) is 9.90 Å². The summed E-state index contributed by atoms with van der Waals surface area (Å²) in [5, 5.41) is 18.1. The minimum absolute atomic E-state index is 0.0729. The fourth-order valence-electron chi connectivity index (χ4n) is 3.25. The molecule has 0 spiro atoms. The van der Waals surface area contributed by atoms with E-state index >= 15 is 0 Å². The monoisotopic (exact) mass is 419 g/mol. The third-order valence-corrected chi connectivity index (χ3v) is 4.87. The molecule has 0 radical (unpaired) electrons. The Kier molecular flexibility index (Phi) is 5.45. The molecule has 30 heavy (non-hydrogen) atoms. The maximum absolute atomic E-state index is 11.8. The molecule has 0 aliphatic heterocycles. The largest absolute Gasteiger partial charge is 0.478 e. The molecule has 4 rings (SSSR count). The summed E-state index contributed by atoms with van der Waals surface area (Å²) in [5.74, 6) is -0.426. The maximum atomic E-state index is 11.8. The lowest BCUT2D eigenvalue weighted by atomic mass is 10.0. The third-order valence-electron chi connectivity index (χ3n) is 4.63. The maximum Gasteiger partial charge on any atom is 0.337 e. The van der Waals surface area contributed by atoms with Gasteiger partial charge in [0.15, 0.2) is 0 Å². The Morgan fingerprint density at radius 3 is 2.37 bits per heavy atom. The standard InChI is InChI=1S/C22H18ClN5O2/c1-2-18-20(14-5-9-24-10-6-14)21(28(27-18)16-7-11-25-12-8-16)26-19-4-3-15(23)13-17(19)22(29)30/h3-13,26H,2H2,1H3,(H,29,30). The van der Waals surface area contributed by atoms with Gasteiger partial charge in [-0.05, 0) is 54.4 Å². The van der Waals surface area contributed by atoms with Crippen LogP contribution in [0.3, 0.4) is 0 Å². The van der Waals surface area contributed by atoms with Gasteiger partial charge in [0.25, 0.3) is 0 Å². The van der Waals surface area contributed by atoms with Gasteiger partial charge >= 0.3 is 5.97 Å². The number of aromatic nitrogens is 4. The number of hydrogen-bond donors (Lipinski definition) is 2. The molecule has 0 saturated carbocycles. The van der Waals surface area contributed by atoms with Gasteiger partial charge in [0.1, 0.15) is 5.82 Å². The number of anilines is 2. The molecule has 0 fully saturated rings. The molecule has 4 aromatic rings. The Hall–Kier alpha value is -3.71. The van der Waals surface area contributed by atoms with Crippen molar-refractivity contribution in [3.63, 3.8) is 0 Å². The third kappa shape index (κ3) is 3.75. The fraction of sp³-hybridized carbons (Fsp3) is 0.0909. The predicted molar refractivity (Wildman–Crippen MR) is 116 cm³/mol. The molecule has 0 atom stereocenters. The van der Waals surface area contributed by atoms with Crippen molar-refractivity contribution in [1.82, 2.24) is 19.7 Å². The molecule has 0 unspecified atom stereocenters. The van der Waals surface area contributed by atoms with E-state index in [4.69, 9.17) is 16.7 Å². The number of carbonyl (C=O) groups is 1. The number of aryl methyl sites for hydroxylation is 1. The Bertz CT molecular complexity index is 1190. The molecule has 3 aromatic heterocycles.